The Balaban J connectivity index is 2.19. The van der Waals surface area contributed by atoms with Crippen molar-refractivity contribution in [3.8, 4) is 0 Å². The first-order chi connectivity index (χ1) is 8.04. The number of halogens is 6. The fourth-order valence-corrected chi connectivity index (χ4v) is 2.90. The molecule has 18 heavy (non-hydrogen) atoms. The molecule has 2 bridgehead atoms. The summed E-state index contributed by atoms with van der Waals surface area (Å²) >= 11 is 0. The SMILES string of the molecule is OC(CC1CC2C=CC1C2)(C(F)(F)F)C(F)(F)F. The van der Waals surface area contributed by atoms with E-state index in [0.717, 1.165) is 0 Å². The van der Waals surface area contributed by atoms with Crippen molar-refractivity contribution in [1.82, 2.24) is 0 Å². The van der Waals surface area contributed by atoms with Crippen LogP contribution in [0.25, 0.3) is 0 Å². The van der Waals surface area contributed by atoms with E-state index in [1.165, 1.54) is 0 Å². The monoisotopic (exact) mass is 274 g/mol. The highest BCUT2D eigenvalue weighted by atomic mass is 19.4. The fraction of sp³-hybridized carbons (Fsp3) is 0.818. The summed E-state index contributed by atoms with van der Waals surface area (Å²) in [6, 6.07) is 0. The van der Waals surface area contributed by atoms with Crippen molar-refractivity contribution in [2.24, 2.45) is 17.8 Å². The average Bonchev–Trinajstić information content (AvgIpc) is 2.75. The van der Waals surface area contributed by atoms with Gasteiger partial charge in [0.05, 0.1) is 0 Å². The molecule has 1 fully saturated rings. The van der Waals surface area contributed by atoms with Crippen LogP contribution < -0.4 is 0 Å². The summed E-state index contributed by atoms with van der Waals surface area (Å²) in [6.45, 7) is 0. The van der Waals surface area contributed by atoms with E-state index < -0.39 is 30.3 Å². The van der Waals surface area contributed by atoms with Crippen LogP contribution in [-0.4, -0.2) is 23.1 Å². The summed E-state index contributed by atoms with van der Waals surface area (Å²) in [6.07, 6.45) is -8.33. The van der Waals surface area contributed by atoms with E-state index in [1.807, 2.05) is 6.08 Å². The lowest BCUT2D eigenvalue weighted by atomic mass is 9.82. The van der Waals surface area contributed by atoms with Gasteiger partial charge in [0, 0.05) is 0 Å². The molecular weight excluding hydrogens is 262 g/mol. The first-order valence-corrected chi connectivity index (χ1v) is 5.59. The summed E-state index contributed by atoms with van der Waals surface area (Å²) in [7, 11) is 0. The summed E-state index contributed by atoms with van der Waals surface area (Å²) in [5.41, 5.74) is -4.59. The molecule has 3 atom stereocenters. The molecule has 0 saturated heterocycles. The molecule has 3 unspecified atom stereocenters. The largest absolute Gasteiger partial charge is 0.426 e. The van der Waals surface area contributed by atoms with Crippen molar-refractivity contribution >= 4 is 0 Å². The van der Waals surface area contributed by atoms with Gasteiger partial charge in [0.1, 0.15) is 0 Å². The first kappa shape index (κ1) is 13.7. The van der Waals surface area contributed by atoms with Crippen LogP contribution in [0.3, 0.4) is 0 Å². The number of hydrogen-bond acceptors (Lipinski definition) is 1. The van der Waals surface area contributed by atoms with Gasteiger partial charge in [-0.3, -0.25) is 0 Å². The predicted molar refractivity (Wildman–Crippen MR) is 50.5 cm³/mol. The quantitative estimate of drug-likeness (QED) is 0.604. The summed E-state index contributed by atoms with van der Waals surface area (Å²) in [5.74, 6) is -0.967. The van der Waals surface area contributed by atoms with Gasteiger partial charge in [-0.2, -0.15) is 26.3 Å². The molecule has 1 saturated carbocycles. The topological polar surface area (TPSA) is 20.2 Å². The average molecular weight is 274 g/mol. The van der Waals surface area contributed by atoms with Crippen LogP contribution in [-0.2, 0) is 0 Å². The maximum absolute atomic E-state index is 12.5. The van der Waals surface area contributed by atoms with Gasteiger partial charge in [0.25, 0.3) is 5.60 Å². The number of fused-ring (bicyclic) bond motifs is 2. The molecule has 0 radical (unpaired) electrons. The van der Waals surface area contributed by atoms with Crippen LogP contribution in [0.15, 0.2) is 12.2 Å². The molecule has 104 valence electrons. The van der Waals surface area contributed by atoms with Gasteiger partial charge in [0.2, 0.25) is 0 Å². The lowest BCUT2D eigenvalue weighted by Gasteiger charge is -2.35. The second-order valence-corrected chi connectivity index (χ2v) is 5.10. The van der Waals surface area contributed by atoms with E-state index in [9.17, 15) is 26.3 Å². The van der Waals surface area contributed by atoms with Crippen molar-refractivity contribution in [1.29, 1.82) is 0 Å². The zero-order valence-corrected chi connectivity index (χ0v) is 9.22. The minimum atomic E-state index is -5.70. The smallest absolute Gasteiger partial charge is 0.374 e. The fourth-order valence-electron chi connectivity index (χ4n) is 2.90. The summed E-state index contributed by atoms with van der Waals surface area (Å²) in [5, 5.41) is 9.10. The zero-order chi connectivity index (χ0) is 13.8. The summed E-state index contributed by atoms with van der Waals surface area (Å²) < 4.78 is 75.0. The van der Waals surface area contributed by atoms with Gasteiger partial charge in [-0.05, 0) is 37.0 Å². The molecular formula is C11H12F6O. The molecule has 0 aliphatic heterocycles. The molecule has 0 aromatic carbocycles. The number of allylic oxidation sites excluding steroid dienone is 2. The van der Waals surface area contributed by atoms with Gasteiger partial charge in [-0.1, -0.05) is 12.2 Å². The molecule has 1 nitrogen and oxygen atoms in total. The van der Waals surface area contributed by atoms with Gasteiger partial charge in [-0.15, -0.1) is 0 Å². The maximum Gasteiger partial charge on any atom is 0.426 e. The van der Waals surface area contributed by atoms with Crippen LogP contribution in [0.2, 0.25) is 0 Å². The summed E-state index contributed by atoms with van der Waals surface area (Å²) in [4.78, 5) is 0. The van der Waals surface area contributed by atoms with Crippen LogP contribution in [0, 0.1) is 17.8 Å². The predicted octanol–water partition coefficient (Wildman–Crippen LogP) is 3.44. The Morgan fingerprint density at radius 2 is 1.50 bits per heavy atom. The lowest BCUT2D eigenvalue weighted by Crippen LogP contribution is -2.58. The highest BCUT2D eigenvalue weighted by Crippen LogP contribution is 2.53. The Kier molecular flexibility index (Phi) is 2.96. The van der Waals surface area contributed by atoms with E-state index in [-0.39, 0.29) is 18.3 Å². The van der Waals surface area contributed by atoms with Crippen molar-refractivity contribution in [3.05, 3.63) is 12.2 Å². The van der Waals surface area contributed by atoms with Crippen molar-refractivity contribution < 1.29 is 31.4 Å². The standard InChI is InChI=1S/C11H12F6O/c12-10(13,14)9(18,11(15,16)17)5-8-4-6-1-2-7(8)3-6/h1-2,6-8,18H,3-5H2. The zero-order valence-electron chi connectivity index (χ0n) is 9.22. The molecule has 7 heteroatoms. The third-order valence-electron chi connectivity index (χ3n) is 3.91. The Morgan fingerprint density at radius 1 is 0.944 bits per heavy atom. The molecule has 0 amide bonds. The van der Waals surface area contributed by atoms with Gasteiger partial charge < -0.3 is 5.11 Å². The van der Waals surface area contributed by atoms with Crippen molar-refractivity contribution in [2.75, 3.05) is 0 Å². The Morgan fingerprint density at radius 3 is 1.83 bits per heavy atom. The van der Waals surface area contributed by atoms with Crippen molar-refractivity contribution in [3.63, 3.8) is 0 Å². The van der Waals surface area contributed by atoms with E-state index in [1.54, 1.807) is 6.08 Å². The number of rotatable bonds is 2. The van der Waals surface area contributed by atoms with E-state index in [2.05, 4.69) is 0 Å². The van der Waals surface area contributed by atoms with Crippen LogP contribution in [0.1, 0.15) is 19.3 Å². The van der Waals surface area contributed by atoms with E-state index in [0.29, 0.717) is 6.42 Å². The minimum absolute atomic E-state index is 0.0608. The molecule has 2 aliphatic carbocycles. The van der Waals surface area contributed by atoms with Crippen molar-refractivity contribution in [2.45, 2.75) is 37.2 Å². The van der Waals surface area contributed by atoms with E-state index >= 15 is 0 Å². The lowest BCUT2D eigenvalue weighted by molar-refractivity contribution is -0.373. The van der Waals surface area contributed by atoms with Crippen LogP contribution >= 0.6 is 0 Å². The Hall–Kier alpha value is -0.720. The number of hydrogen-bond donors (Lipinski definition) is 1. The highest BCUT2D eigenvalue weighted by molar-refractivity contribution is 5.12. The third kappa shape index (κ3) is 2.02. The van der Waals surface area contributed by atoms with E-state index in [4.69, 9.17) is 5.11 Å². The second-order valence-electron chi connectivity index (χ2n) is 5.10. The molecule has 1 N–H and O–H groups in total. The number of alkyl halides is 6. The molecule has 0 aromatic rings. The second kappa shape index (κ2) is 3.88. The third-order valence-corrected chi connectivity index (χ3v) is 3.91. The highest BCUT2D eigenvalue weighted by Gasteiger charge is 2.71. The van der Waals surface area contributed by atoms with Gasteiger partial charge in [-0.25, -0.2) is 0 Å². The van der Waals surface area contributed by atoms with Gasteiger partial charge >= 0.3 is 12.4 Å². The maximum atomic E-state index is 12.5. The molecule has 2 rings (SSSR count). The molecule has 2 aliphatic rings. The van der Waals surface area contributed by atoms with Crippen LogP contribution in [0.4, 0.5) is 26.3 Å². The van der Waals surface area contributed by atoms with Gasteiger partial charge in [0.15, 0.2) is 0 Å². The Bertz CT molecular complexity index is 342. The first-order valence-electron chi connectivity index (χ1n) is 5.59. The molecule has 0 aromatic heterocycles. The van der Waals surface area contributed by atoms with Crippen LogP contribution in [0.5, 0.6) is 0 Å². The normalized spacial score (nSPS) is 32.3. The molecule has 0 spiro atoms. The minimum Gasteiger partial charge on any atom is -0.374 e. The molecule has 0 heterocycles. The Labute approximate surface area is 99.5 Å². The number of aliphatic hydroxyl groups is 1.